The van der Waals surface area contributed by atoms with Crippen LogP contribution in [0.5, 0.6) is 23.3 Å². The largest absolute Gasteiger partial charge is 0.493 e. The van der Waals surface area contributed by atoms with Gasteiger partial charge in [0.05, 0.1) is 55.1 Å². The molecule has 7 rings (SSSR count). The van der Waals surface area contributed by atoms with Crippen LogP contribution in [0.15, 0.2) is 76.8 Å². The molecular weight excluding hydrogens is 574 g/mol. The molecule has 0 bridgehead atoms. The molecule has 13 heteroatoms. The molecule has 1 aliphatic rings. The van der Waals surface area contributed by atoms with Crippen molar-refractivity contribution >= 4 is 23.5 Å². The Balaban J connectivity index is 1.22. The van der Waals surface area contributed by atoms with E-state index in [-0.39, 0.29) is 6.61 Å². The van der Waals surface area contributed by atoms with Crippen molar-refractivity contribution in [3.05, 3.63) is 106 Å². The summed E-state index contributed by atoms with van der Waals surface area (Å²) in [6.45, 7) is 1.97. The minimum atomic E-state index is -0.396. The Kier molecular flexibility index (Phi) is 6.67. The Morgan fingerprint density at radius 2 is 1.86 bits per heavy atom. The van der Waals surface area contributed by atoms with Crippen molar-refractivity contribution in [1.82, 2.24) is 29.4 Å². The molecule has 1 atom stereocenters. The number of aryl methyl sites for hydroxylation is 1. The molecule has 4 aromatic heterocycles. The number of aromatic nitrogens is 6. The molecule has 0 unspecified atom stereocenters. The number of fused-ring (bicyclic) bond motifs is 4. The summed E-state index contributed by atoms with van der Waals surface area (Å²) in [5.41, 5.74) is 4.45. The van der Waals surface area contributed by atoms with E-state index in [0.717, 1.165) is 22.5 Å². The van der Waals surface area contributed by atoms with Crippen molar-refractivity contribution in [2.45, 2.75) is 19.4 Å². The van der Waals surface area contributed by atoms with Gasteiger partial charge in [-0.1, -0.05) is 16.8 Å². The van der Waals surface area contributed by atoms with E-state index in [1.54, 1.807) is 66.5 Å². The predicted molar refractivity (Wildman–Crippen MR) is 156 cm³/mol. The van der Waals surface area contributed by atoms with Crippen molar-refractivity contribution in [2.24, 2.45) is 5.16 Å². The topological polar surface area (TPSA) is 123 Å². The number of benzene rings is 2. The van der Waals surface area contributed by atoms with Gasteiger partial charge in [0.15, 0.2) is 29.6 Å². The van der Waals surface area contributed by atoms with Crippen LogP contribution in [-0.2, 0) is 11.4 Å². The third-order valence-electron chi connectivity index (χ3n) is 7.04. The lowest BCUT2D eigenvalue weighted by Crippen LogP contribution is -2.15. The maximum Gasteiger partial charge on any atom is 0.230 e. The summed E-state index contributed by atoms with van der Waals surface area (Å²) in [6.07, 6.45) is 4.76. The maximum absolute atomic E-state index is 6.40. The second kappa shape index (κ2) is 10.8. The Hall–Kier alpha value is -5.36. The van der Waals surface area contributed by atoms with E-state index < -0.39 is 5.92 Å². The van der Waals surface area contributed by atoms with Crippen LogP contribution < -0.4 is 14.2 Å². The van der Waals surface area contributed by atoms with Gasteiger partial charge in [-0.3, -0.25) is 0 Å². The van der Waals surface area contributed by atoms with Gasteiger partial charge in [0.2, 0.25) is 11.8 Å². The van der Waals surface area contributed by atoms with Gasteiger partial charge in [-0.05, 0) is 61.5 Å². The van der Waals surface area contributed by atoms with Crippen molar-refractivity contribution in [3.8, 4) is 28.9 Å². The van der Waals surface area contributed by atoms with Gasteiger partial charge in [0.1, 0.15) is 12.1 Å². The third kappa shape index (κ3) is 4.71. The van der Waals surface area contributed by atoms with E-state index in [9.17, 15) is 0 Å². The van der Waals surface area contributed by atoms with Gasteiger partial charge in [0, 0.05) is 10.6 Å². The first kappa shape index (κ1) is 26.5. The highest BCUT2D eigenvalue weighted by molar-refractivity contribution is 6.30. The maximum atomic E-state index is 6.40. The molecule has 0 spiro atoms. The number of hydrogen-bond acceptors (Lipinski definition) is 10. The van der Waals surface area contributed by atoms with Gasteiger partial charge in [0.25, 0.3) is 0 Å². The smallest absolute Gasteiger partial charge is 0.230 e. The number of halogens is 1. The molecule has 0 saturated carbocycles. The SMILES string of the molecule is COc1ccc(/C=N/OCc2nc3c4c(ncn3n2)Oc2c(c(C)nn2-c2ccc(Cl)cc2)[C@H]4c2ccco2)cc1OC. The molecule has 0 fully saturated rings. The van der Waals surface area contributed by atoms with E-state index in [4.69, 9.17) is 45.1 Å². The minimum Gasteiger partial charge on any atom is -0.493 e. The van der Waals surface area contributed by atoms with Crippen LogP contribution in [0.4, 0.5) is 0 Å². The summed E-state index contributed by atoms with van der Waals surface area (Å²) < 4.78 is 26.3. The molecule has 0 amide bonds. The van der Waals surface area contributed by atoms with Crippen LogP contribution >= 0.6 is 11.6 Å². The molecule has 5 heterocycles. The molecule has 0 saturated heterocycles. The van der Waals surface area contributed by atoms with Gasteiger partial charge in [-0.2, -0.15) is 5.10 Å². The monoisotopic (exact) mass is 597 g/mol. The average Bonchev–Trinajstić information content (AvgIpc) is 3.78. The molecule has 6 aromatic rings. The highest BCUT2D eigenvalue weighted by atomic mass is 35.5. The van der Waals surface area contributed by atoms with Gasteiger partial charge >= 0.3 is 0 Å². The summed E-state index contributed by atoms with van der Waals surface area (Å²) in [5, 5.41) is 14.1. The Morgan fingerprint density at radius 1 is 1.02 bits per heavy atom. The zero-order valence-corrected chi connectivity index (χ0v) is 24.0. The van der Waals surface area contributed by atoms with Gasteiger partial charge in [-0.25, -0.2) is 19.2 Å². The van der Waals surface area contributed by atoms with E-state index in [2.05, 4.69) is 15.2 Å². The quantitative estimate of drug-likeness (QED) is 0.160. The lowest BCUT2D eigenvalue weighted by atomic mass is 9.88. The molecule has 216 valence electrons. The van der Waals surface area contributed by atoms with E-state index in [1.807, 2.05) is 37.3 Å². The van der Waals surface area contributed by atoms with Crippen LogP contribution in [0, 0.1) is 6.92 Å². The molecule has 0 radical (unpaired) electrons. The fourth-order valence-corrected chi connectivity index (χ4v) is 5.23. The second-order valence-corrected chi connectivity index (χ2v) is 10.1. The number of methoxy groups -OCH3 is 2. The molecule has 0 aliphatic carbocycles. The number of nitrogens with zero attached hydrogens (tertiary/aromatic N) is 7. The first-order chi connectivity index (χ1) is 21.0. The molecule has 43 heavy (non-hydrogen) atoms. The molecule has 2 aromatic carbocycles. The molecule has 12 nitrogen and oxygen atoms in total. The normalized spacial score (nSPS) is 14.0. The fourth-order valence-electron chi connectivity index (χ4n) is 5.11. The predicted octanol–water partition coefficient (Wildman–Crippen LogP) is 5.72. The first-order valence-electron chi connectivity index (χ1n) is 13.2. The summed E-state index contributed by atoms with van der Waals surface area (Å²) in [7, 11) is 3.16. The standard InChI is InChI=1S/C30H24ClN7O5/c1-17-25-26(22-5-4-12-41-22)27-28-34-24(15-42-33-14-18-6-11-21(39-2)23(13-18)40-3)36-37(28)16-32-29(27)43-30(25)38(35-17)20-9-7-19(31)8-10-20/h4-14,16,26H,15H2,1-3H3/b33-14+/t26-/m1/s1. The van der Waals surface area contributed by atoms with Gasteiger partial charge in [-0.15, -0.1) is 5.10 Å². The van der Waals surface area contributed by atoms with E-state index in [1.165, 1.54) is 0 Å². The van der Waals surface area contributed by atoms with E-state index >= 15 is 0 Å². The summed E-state index contributed by atoms with van der Waals surface area (Å²) in [5.74, 6) is 2.85. The van der Waals surface area contributed by atoms with Crippen LogP contribution in [0.3, 0.4) is 0 Å². The Labute approximate surface area is 250 Å². The molecular formula is C30H24ClN7O5. The van der Waals surface area contributed by atoms with E-state index in [0.29, 0.717) is 51.1 Å². The zero-order valence-electron chi connectivity index (χ0n) is 23.3. The van der Waals surface area contributed by atoms with Crippen molar-refractivity contribution in [3.63, 3.8) is 0 Å². The summed E-state index contributed by atoms with van der Waals surface area (Å²) in [4.78, 5) is 14.9. The van der Waals surface area contributed by atoms with Crippen LogP contribution in [-0.4, -0.2) is 49.8 Å². The number of ether oxygens (including phenoxy) is 3. The first-order valence-corrected chi connectivity index (χ1v) is 13.6. The third-order valence-corrected chi connectivity index (χ3v) is 7.29. The number of furan rings is 1. The van der Waals surface area contributed by atoms with Crippen molar-refractivity contribution < 1.29 is 23.5 Å². The number of rotatable bonds is 8. The number of oxime groups is 1. The van der Waals surface area contributed by atoms with Crippen LogP contribution in [0.1, 0.15) is 39.9 Å². The zero-order chi connectivity index (χ0) is 29.5. The Morgan fingerprint density at radius 3 is 2.63 bits per heavy atom. The van der Waals surface area contributed by atoms with Crippen LogP contribution in [0.25, 0.3) is 11.3 Å². The number of hydrogen-bond donors (Lipinski definition) is 0. The van der Waals surface area contributed by atoms with Crippen molar-refractivity contribution in [2.75, 3.05) is 14.2 Å². The highest BCUT2D eigenvalue weighted by Gasteiger charge is 2.39. The summed E-state index contributed by atoms with van der Waals surface area (Å²) in [6, 6.07) is 16.6. The lowest BCUT2D eigenvalue weighted by molar-refractivity contribution is 0.126. The molecule has 1 aliphatic heterocycles. The molecule has 0 N–H and O–H groups in total. The Bertz CT molecular complexity index is 1970. The van der Waals surface area contributed by atoms with Gasteiger partial charge < -0.3 is 23.5 Å². The lowest BCUT2D eigenvalue weighted by Gasteiger charge is -2.24. The second-order valence-electron chi connectivity index (χ2n) is 9.62. The average molecular weight is 598 g/mol. The van der Waals surface area contributed by atoms with Crippen molar-refractivity contribution in [1.29, 1.82) is 0 Å². The minimum absolute atomic E-state index is 0.0330. The summed E-state index contributed by atoms with van der Waals surface area (Å²) >= 11 is 6.13. The fraction of sp³-hybridized carbons (Fsp3) is 0.167. The highest BCUT2D eigenvalue weighted by Crippen LogP contribution is 2.49. The van der Waals surface area contributed by atoms with Crippen LogP contribution in [0.2, 0.25) is 5.02 Å².